The molecule has 166 valence electrons. The number of phosphoric ester groups is 1. The molecule has 0 saturated carbocycles. The Hall–Kier alpha value is -0.610. The van der Waals surface area contributed by atoms with E-state index in [2.05, 4.69) is 29.1 Å². The summed E-state index contributed by atoms with van der Waals surface area (Å²) >= 11 is 0.792. The first-order valence-corrected chi connectivity index (χ1v) is 12.5. The number of aliphatic hydroxyl groups excluding tert-OH is 2. The number of nitrogens with two attached hydrogens (primary N) is 1. The number of phosphoric acid groups is 3. The van der Waals surface area contributed by atoms with E-state index in [0.717, 1.165) is 11.5 Å². The van der Waals surface area contributed by atoms with Gasteiger partial charge in [0.15, 0.2) is 5.82 Å². The van der Waals surface area contributed by atoms with Crippen molar-refractivity contribution < 1.29 is 61.4 Å². The van der Waals surface area contributed by atoms with Gasteiger partial charge in [0.1, 0.15) is 29.4 Å². The summed E-state index contributed by atoms with van der Waals surface area (Å²) in [5.41, 5.74) is 5.48. The summed E-state index contributed by atoms with van der Waals surface area (Å²) in [5, 5.41) is 20.2. The molecule has 20 heteroatoms. The topological polar surface area (TPSA) is 261 Å². The van der Waals surface area contributed by atoms with Crippen LogP contribution in [0.5, 0.6) is 0 Å². The standard InChI is InChI=1S/C9H16N3O13P3S/c1-3(10)8-11-9(29-12-8)7-6(14)5(13)4(23-7)2-22-27(18,19)25-28(20,21)24-26(15,16)17/h4-7,13-14H,1-2,10H2,(H,18,19)(H,20,21)(H2,15,16,17)/t4-,5-,6-,7-/m1/s1. The highest BCUT2D eigenvalue weighted by molar-refractivity contribution is 7.66. The van der Waals surface area contributed by atoms with Gasteiger partial charge in [-0.1, -0.05) is 6.58 Å². The van der Waals surface area contributed by atoms with Crippen LogP contribution in [0.4, 0.5) is 0 Å². The minimum Gasteiger partial charge on any atom is -0.396 e. The van der Waals surface area contributed by atoms with Crippen molar-refractivity contribution in [3.05, 3.63) is 17.4 Å². The molecule has 2 rings (SSSR count). The fraction of sp³-hybridized carbons (Fsp3) is 0.556. The van der Waals surface area contributed by atoms with E-state index in [1.54, 1.807) is 0 Å². The van der Waals surface area contributed by atoms with Crippen molar-refractivity contribution in [3.63, 3.8) is 0 Å². The van der Waals surface area contributed by atoms with Crippen molar-refractivity contribution in [1.82, 2.24) is 9.36 Å². The van der Waals surface area contributed by atoms with Crippen LogP contribution in [0.25, 0.3) is 5.70 Å². The molecule has 2 heterocycles. The molecule has 0 bridgehead atoms. The summed E-state index contributed by atoms with van der Waals surface area (Å²) < 4.78 is 54.1. The summed E-state index contributed by atoms with van der Waals surface area (Å²) in [7, 11) is -16.6. The van der Waals surface area contributed by atoms with E-state index in [0.29, 0.717) is 0 Å². The molecule has 0 amide bonds. The van der Waals surface area contributed by atoms with Crippen LogP contribution in [-0.4, -0.2) is 64.1 Å². The SMILES string of the molecule is C=C(N)c1nsc([C@@H]2O[C@H](COP(=O)(O)OP(=O)(O)OP(=O)(O)O)[C@@H](O)[C@H]2O)n1. The molecule has 2 unspecified atom stereocenters. The average molecular weight is 499 g/mol. The van der Waals surface area contributed by atoms with Crippen LogP contribution in [0.15, 0.2) is 6.58 Å². The van der Waals surface area contributed by atoms with Gasteiger partial charge in [-0.3, -0.25) is 4.52 Å². The van der Waals surface area contributed by atoms with Crippen LogP contribution in [0, 0.1) is 0 Å². The van der Waals surface area contributed by atoms with Crippen LogP contribution in [-0.2, 0) is 31.6 Å². The van der Waals surface area contributed by atoms with Crippen molar-refractivity contribution in [2.24, 2.45) is 5.73 Å². The van der Waals surface area contributed by atoms with E-state index in [-0.39, 0.29) is 16.5 Å². The Balaban J connectivity index is 2.01. The molecule has 1 aliphatic heterocycles. The van der Waals surface area contributed by atoms with Gasteiger partial charge in [0.05, 0.1) is 12.3 Å². The minimum atomic E-state index is -5.68. The first kappa shape index (κ1) is 24.7. The van der Waals surface area contributed by atoms with Crippen molar-refractivity contribution in [2.75, 3.05) is 6.61 Å². The lowest BCUT2D eigenvalue weighted by molar-refractivity contribution is -0.0223. The molecule has 1 saturated heterocycles. The maximum Gasteiger partial charge on any atom is 0.490 e. The molecule has 1 fully saturated rings. The molecule has 0 aliphatic carbocycles. The maximum atomic E-state index is 11.7. The zero-order valence-electron chi connectivity index (χ0n) is 14.0. The Morgan fingerprint density at radius 1 is 1.14 bits per heavy atom. The highest BCUT2D eigenvalue weighted by atomic mass is 32.1. The van der Waals surface area contributed by atoms with Crippen LogP contribution in [0.3, 0.4) is 0 Å². The first-order valence-electron chi connectivity index (χ1n) is 7.18. The normalized spacial score (nSPS) is 29.3. The number of hydrogen-bond acceptors (Lipinski definition) is 13. The Kier molecular flexibility index (Phi) is 7.54. The quantitative estimate of drug-likeness (QED) is 0.200. The van der Waals surface area contributed by atoms with E-state index < -0.39 is 54.5 Å². The summed E-state index contributed by atoms with van der Waals surface area (Å²) in [5.74, 6) is 0.0759. The highest BCUT2D eigenvalue weighted by Gasteiger charge is 2.47. The summed E-state index contributed by atoms with van der Waals surface area (Å²) in [4.78, 5) is 39.3. The summed E-state index contributed by atoms with van der Waals surface area (Å²) in [6, 6.07) is 0. The van der Waals surface area contributed by atoms with E-state index in [1.807, 2.05) is 0 Å². The number of aromatic nitrogens is 2. The van der Waals surface area contributed by atoms with E-state index in [9.17, 15) is 28.8 Å². The molecule has 29 heavy (non-hydrogen) atoms. The van der Waals surface area contributed by atoms with Gasteiger partial charge in [0.2, 0.25) is 0 Å². The lowest BCUT2D eigenvalue weighted by Crippen LogP contribution is -2.33. The molecular weight excluding hydrogens is 483 g/mol. The number of nitrogens with zero attached hydrogens (tertiary/aromatic N) is 2. The van der Waals surface area contributed by atoms with Crippen LogP contribution in [0.1, 0.15) is 16.9 Å². The molecule has 8 N–H and O–H groups in total. The van der Waals surface area contributed by atoms with Crippen molar-refractivity contribution in [2.45, 2.75) is 24.4 Å². The molecule has 0 radical (unpaired) electrons. The fourth-order valence-corrected chi connectivity index (χ4v) is 5.84. The summed E-state index contributed by atoms with van der Waals surface area (Å²) in [6.45, 7) is 2.50. The lowest BCUT2D eigenvalue weighted by Gasteiger charge is -2.19. The largest absolute Gasteiger partial charge is 0.490 e. The first-order chi connectivity index (χ1) is 13.1. The third kappa shape index (κ3) is 6.95. The average Bonchev–Trinajstić information content (AvgIpc) is 3.09. The van der Waals surface area contributed by atoms with Gasteiger partial charge in [-0.05, 0) is 11.5 Å². The third-order valence-electron chi connectivity index (χ3n) is 3.15. The van der Waals surface area contributed by atoms with E-state index in [4.69, 9.17) is 25.2 Å². The van der Waals surface area contributed by atoms with Crippen LogP contribution < -0.4 is 5.73 Å². The van der Waals surface area contributed by atoms with Gasteiger partial charge in [-0.15, -0.1) is 0 Å². The van der Waals surface area contributed by atoms with Gasteiger partial charge in [0.25, 0.3) is 0 Å². The Labute approximate surface area is 166 Å². The van der Waals surface area contributed by atoms with Crippen LogP contribution in [0.2, 0.25) is 0 Å². The minimum absolute atomic E-state index is 0.0461. The van der Waals surface area contributed by atoms with Gasteiger partial charge >= 0.3 is 23.5 Å². The second-order valence-electron chi connectivity index (χ2n) is 5.44. The molecule has 6 atom stereocenters. The Morgan fingerprint density at radius 3 is 2.28 bits per heavy atom. The van der Waals surface area contributed by atoms with Gasteiger partial charge < -0.3 is 40.3 Å². The van der Waals surface area contributed by atoms with Crippen molar-refractivity contribution in [1.29, 1.82) is 0 Å². The van der Waals surface area contributed by atoms with Gasteiger partial charge in [0, 0.05) is 0 Å². The Morgan fingerprint density at radius 2 is 1.76 bits per heavy atom. The third-order valence-corrected chi connectivity index (χ3v) is 7.73. The molecule has 0 aromatic carbocycles. The number of rotatable bonds is 9. The molecular formula is C9H16N3O13P3S. The summed E-state index contributed by atoms with van der Waals surface area (Å²) in [6.07, 6.45) is -5.81. The Bertz CT molecular complexity index is 903. The van der Waals surface area contributed by atoms with Crippen molar-refractivity contribution >= 4 is 40.7 Å². The van der Waals surface area contributed by atoms with Gasteiger partial charge in [-0.2, -0.15) is 13.0 Å². The predicted octanol–water partition coefficient (Wildman–Crippen LogP) is -1.03. The number of ether oxygens (including phenoxy) is 1. The second kappa shape index (κ2) is 8.86. The maximum absolute atomic E-state index is 11.7. The lowest BCUT2D eigenvalue weighted by atomic mass is 10.1. The zero-order chi connectivity index (χ0) is 22.2. The molecule has 0 spiro atoms. The van der Waals surface area contributed by atoms with E-state index >= 15 is 0 Å². The van der Waals surface area contributed by atoms with Crippen molar-refractivity contribution in [3.8, 4) is 0 Å². The zero-order valence-corrected chi connectivity index (χ0v) is 17.5. The molecule has 1 aromatic rings. The number of aliphatic hydroxyl groups is 2. The predicted molar refractivity (Wildman–Crippen MR) is 92.6 cm³/mol. The molecule has 1 aromatic heterocycles. The highest BCUT2D eigenvalue weighted by Crippen LogP contribution is 2.66. The van der Waals surface area contributed by atoms with Crippen LogP contribution >= 0.6 is 35.0 Å². The number of hydrogen-bond donors (Lipinski definition) is 7. The fourth-order valence-electron chi connectivity index (χ4n) is 2.04. The monoisotopic (exact) mass is 499 g/mol. The molecule has 1 aliphatic rings. The molecule has 16 nitrogen and oxygen atoms in total. The smallest absolute Gasteiger partial charge is 0.396 e. The van der Waals surface area contributed by atoms with E-state index in [1.165, 1.54) is 0 Å². The second-order valence-corrected chi connectivity index (χ2v) is 10.6. The van der Waals surface area contributed by atoms with Gasteiger partial charge in [-0.25, -0.2) is 18.7 Å².